The normalized spacial score (nSPS) is 21.0. The van der Waals surface area contributed by atoms with Gasteiger partial charge in [0.25, 0.3) is 0 Å². The Kier molecular flexibility index (Phi) is 3.65. The van der Waals surface area contributed by atoms with Gasteiger partial charge in [0.05, 0.1) is 6.42 Å². The average Bonchev–Trinajstić information content (AvgIpc) is 3.03. The first-order valence-electron chi connectivity index (χ1n) is 8.29. The van der Waals surface area contributed by atoms with Crippen LogP contribution in [0.4, 0.5) is 5.69 Å². The van der Waals surface area contributed by atoms with Crippen LogP contribution >= 0.6 is 0 Å². The van der Waals surface area contributed by atoms with Gasteiger partial charge >= 0.3 is 5.97 Å². The highest BCUT2D eigenvalue weighted by molar-refractivity contribution is 5.97. The summed E-state index contributed by atoms with van der Waals surface area (Å²) in [5.74, 6) is -0.711. The van der Waals surface area contributed by atoms with Crippen LogP contribution in [-0.4, -0.2) is 53.2 Å². The van der Waals surface area contributed by atoms with Gasteiger partial charge in [-0.25, -0.2) is 0 Å². The number of carboxylic acids is 1. The minimum Gasteiger partial charge on any atom is -0.481 e. The molecule has 0 radical (unpaired) electrons. The molecule has 1 saturated heterocycles. The van der Waals surface area contributed by atoms with E-state index in [0.29, 0.717) is 12.6 Å². The lowest BCUT2D eigenvalue weighted by atomic mass is 9.97. The third kappa shape index (κ3) is 2.65. The molecule has 1 aromatic carbocycles. The number of rotatable bonds is 4. The third-order valence-electron chi connectivity index (χ3n) is 5.10. The Morgan fingerprint density at radius 1 is 1.30 bits per heavy atom. The number of aromatic nitrogens is 1. The molecule has 120 valence electrons. The van der Waals surface area contributed by atoms with E-state index < -0.39 is 5.97 Å². The Bertz CT molecular complexity index is 741. The second-order valence-corrected chi connectivity index (χ2v) is 6.50. The summed E-state index contributed by atoms with van der Waals surface area (Å²) in [6, 6.07) is 6.94. The predicted octanol–water partition coefficient (Wildman–Crippen LogP) is 2.15. The molecule has 2 aliphatic heterocycles. The zero-order valence-electron chi connectivity index (χ0n) is 13.1. The van der Waals surface area contributed by atoms with Gasteiger partial charge in [-0.05, 0) is 24.5 Å². The summed E-state index contributed by atoms with van der Waals surface area (Å²) >= 11 is 0. The first kappa shape index (κ1) is 14.5. The molecular formula is C18H21N3O2. The lowest BCUT2D eigenvalue weighted by Crippen LogP contribution is -2.41. The zero-order valence-corrected chi connectivity index (χ0v) is 13.1. The van der Waals surface area contributed by atoms with Gasteiger partial charge in [-0.2, -0.15) is 0 Å². The molecule has 5 heteroatoms. The van der Waals surface area contributed by atoms with Crippen molar-refractivity contribution in [3.63, 3.8) is 0 Å². The van der Waals surface area contributed by atoms with Gasteiger partial charge in [-0.1, -0.05) is 12.1 Å². The van der Waals surface area contributed by atoms with Gasteiger partial charge in [-0.3, -0.25) is 9.78 Å². The van der Waals surface area contributed by atoms with Crippen LogP contribution in [0.5, 0.6) is 0 Å². The lowest BCUT2D eigenvalue weighted by Gasteiger charge is -2.36. The standard InChI is InChI=1S/C18H21N3O2/c22-17(23)6-8-20-7-5-15(12-20)21-9-4-14-11-19-10-13-2-1-3-16(21)18(13)14/h1-3,10-11,15H,4-9,12H2,(H,22,23). The number of carbonyl (C=O) groups is 1. The summed E-state index contributed by atoms with van der Waals surface area (Å²) in [5, 5.41) is 11.4. The maximum absolute atomic E-state index is 10.8. The molecule has 0 saturated carbocycles. The van der Waals surface area contributed by atoms with Crippen molar-refractivity contribution >= 4 is 22.4 Å². The monoisotopic (exact) mass is 311 g/mol. The van der Waals surface area contributed by atoms with E-state index in [1.54, 1.807) is 0 Å². The van der Waals surface area contributed by atoms with Crippen molar-refractivity contribution in [1.82, 2.24) is 9.88 Å². The van der Waals surface area contributed by atoms with Crippen LogP contribution in [-0.2, 0) is 11.2 Å². The maximum Gasteiger partial charge on any atom is 0.304 e. The number of hydrogen-bond donors (Lipinski definition) is 1. The molecule has 1 fully saturated rings. The molecule has 0 aliphatic carbocycles. The number of hydrogen-bond acceptors (Lipinski definition) is 4. The Hall–Kier alpha value is -2.14. The van der Waals surface area contributed by atoms with Crippen LogP contribution in [0.25, 0.3) is 10.8 Å². The Morgan fingerprint density at radius 2 is 2.22 bits per heavy atom. The highest BCUT2D eigenvalue weighted by Crippen LogP contribution is 2.36. The van der Waals surface area contributed by atoms with Crippen molar-refractivity contribution in [3.8, 4) is 0 Å². The highest BCUT2D eigenvalue weighted by Gasteiger charge is 2.30. The third-order valence-corrected chi connectivity index (χ3v) is 5.10. The molecule has 23 heavy (non-hydrogen) atoms. The summed E-state index contributed by atoms with van der Waals surface area (Å²) in [4.78, 5) is 19.9. The number of carboxylic acid groups (broad SMARTS) is 1. The van der Waals surface area contributed by atoms with Gasteiger partial charge in [-0.15, -0.1) is 0 Å². The second-order valence-electron chi connectivity index (χ2n) is 6.50. The minimum atomic E-state index is -0.711. The lowest BCUT2D eigenvalue weighted by molar-refractivity contribution is -0.137. The predicted molar refractivity (Wildman–Crippen MR) is 89.9 cm³/mol. The van der Waals surface area contributed by atoms with Crippen LogP contribution < -0.4 is 4.90 Å². The van der Waals surface area contributed by atoms with E-state index in [0.717, 1.165) is 32.5 Å². The van der Waals surface area contributed by atoms with Gasteiger partial charge in [0.15, 0.2) is 0 Å². The van der Waals surface area contributed by atoms with E-state index in [2.05, 4.69) is 33.0 Å². The van der Waals surface area contributed by atoms with E-state index in [4.69, 9.17) is 5.11 Å². The molecule has 2 aromatic rings. The summed E-state index contributed by atoms with van der Waals surface area (Å²) in [6.45, 7) is 3.64. The molecule has 4 rings (SSSR count). The van der Waals surface area contributed by atoms with Gasteiger partial charge in [0.2, 0.25) is 0 Å². The van der Waals surface area contributed by atoms with Crippen molar-refractivity contribution in [2.24, 2.45) is 0 Å². The maximum atomic E-state index is 10.8. The number of likely N-dealkylation sites (tertiary alicyclic amines) is 1. The van der Waals surface area contributed by atoms with E-state index in [9.17, 15) is 4.79 Å². The fourth-order valence-electron chi connectivity index (χ4n) is 3.98. The SMILES string of the molecule is O=C(O)CCN1CCC(N2CCc3cncc4cccc2c34)C1. The number of anilines is 1. The van der Waals surface area contributed by atoms with Crippen molar-refractivity contribution in [3.05, 3.63) is 36.2 Å². The van der Waals surface area contributed by atoms with Gasteiger partial charge < -0.3 is 14.9 Å². The van der Waals surface area contributed by atoms with E-state index in [-0.39, 0.29) is 6.42 Å². The topological polar surface area (TPSA) is 56.7 Å². The molecule has 1 unspecified atom stereocenters. The molecule has 1 atom stereocenters. The number of aliphatic carboxylic acids is 1. The van der Waals surface area contributed by atoms with Gasteiger partial charge in [0.1, 0.15) is 0 Å². The molecule has 1 aromatic heterocycles. The first-order valence-corrected chi connectivity index (χ1v) is 8.29. The summed E-state index contributed by atoms with van der Waals surface area (Å²) in [7, 11) is 0. The molecule has 2 aliphatic rings. The van der Waals surface area contributed by atoms with Crippen LogP contribution in [0.15, 0.2) is 30.6 Å². The fourth-order valence-corrected chi connectivity index (χ4v) is 3.98. The van der Waals surface area contributed by atoms with Crippen molar-refractivity contribution in [2.75, 3.05) is 31.1 Å². The Morgan fingerprint density at radius 3 is 3.09 bits per heavy atom. The van der Waals surface area contributed by atoms with Crippen molar-refractivity contribution in [1.29, 1.82) is 0 Å². The first-order chi connectivity index (χ1) is 11.2. The number of pyridine rings is 1. The number of benzene rings is 1. The summed E-state index contributed by atoms with van der Waals surface area (Å²) in [5.41, 5.74) is 2.66. The number of nitrogens with zero attached hydrogens (tertiary/aromatic N) is 3. The minimum absolute atomic E-state index is 0.233. The van der Waals surface area contributed by atoms with Crippen LogP contribution in [0.3, 0.4) is 0 Å². The fraction of sp³-hybridized carbons (Fsp3) is 0.444. The molecule has 0 spiro atoms. The highest BCUT2D eigenvalue weighted by atomic mass is 16.4. The van der Waals surface area contributed by atoms with Crippen molar-refractivity contribution < 1.29 is 9.90 Å². The Labute approximate surface area is 135 Å². The molecule has 0 amide bonds. The average molecular weight is 311 g/mol. The van der Waals surface area contributed by atoms with E-state index in [1.165, 1.54) is 22.0 Å². The zero-order chi connectivity index (χ0) is 15.8. The largest absolute Gasteiger partial charge is 0.481 e. The molecule has 0 bridgehead atoms. The Balaban J connectivity index is 1.57. The van der Waals surface area contributed by atoms with Crippen molar-refractivity contribution in [2.45, 2.75) is 25.3 Å². The second kappa shape index (κ2) is 5.81. The quantitative estimate of drug-likeness (QED) is 0.937. The smallest absolute Gasteiger partial charge is 0.304 e. The van der Waals surface area contributed by atoms with Gasteiger partial charge in [0, 0.05) is 61.1 Å². The van der Waals surface area contributed by atoms with E-state index in [1.807, 2.05) is 12.4 Å². The van der Waals surface area contributed by atoms with E-state index >= 15 is 0 Å². The van der Waals surface area contributed by atoms with Crippen LogP contribution in [0.2, 0.25) is 0 Å². The molecule has 5 nitrogen and oxygen atoms in total. The molecule has 3 heterocycles. The molecule has 1 N–H and O–H groups in total. The van der Waals surface area contributed by atoms with Crippen LogP contribution in [0, 0.1) is 0 Å². The molecular weight excluding hydrogens is 290 g/mol. The summed E-state index contributed by atoms with van der Waals surface area (Å²) < 4.78 is 0. The summed E-state index contributed by atoms with van der Waals surface area (Å²) in [6.07, 6.45) is 6.32. The van der Waals surface area contributed by atoms with Crippen LogP contribution in [0.1, 0.15) is 18.4 Å².